The zero-order valence-corrected chi connectivity index (χ0v) is 20.7. The van der Waals surface area contributed by atoms with Gasteiger partial charge in [-0.05, 0) is 48.0 Å². The third-order valence-electron chi connectivity index (χ3n) is 5.57. The van der Waals surface area contributed by atoms with Gasteiger partial charge in [0.05, 0.1) is 16.6 Å². The fourth-order valence-corrected chi connectivity index (χ4v) is 4.26. The molecule has 0 radical (unpaired) electrons. The van der Waals surface area contributed by atoms with E-state index in [0.29, 0.717) is 6.08 Å². The number of benzene rings is 3. The van der Waals surface area contributed by atoms with E-state index >= 15 is 0 Å². The number of halogens is 3. The third-order valence-corrected chi connectivity index (χ3v) is 6.11. The Morgan fingerprint density at radius 1 is 0.947 bits per heavy atom. The van der Waals surface area contributed by atoms with Crippen LogP contribution in [0.1, 0.15) is 17.2 Å². The van der Waals surface area contributed by atoms with Gasteiger partial charge in [-0.1, -0.05) is 47.5 Å². The zero-order valence-electron chi connectivity index (χ0n) is 19.2. The van der Waals surface area contributed by atoms with Crippen LogP contribution in [0.3, 0.4) is 0 Å². The molecule has 0 spiro atoms. The predicted molar refractivity (Wildman–Crippen MR) is 139 cm³/mol. The van der Waals surface area contributed by atoms with E-state index in [-0.39, 0.29) is 38.1 Å². The van der Waals surface area contributed by atoms with Crippen LogP contribution in [-0.4, -0.2) is 33.8 Å². The lowest BCUT2D eigenvalue weighted by molar-refractivity contribution is -0.132. The number of carbonyl (C=O) groups is 4. The normalized spacial score (nSPS) is 16.7. The van der Waals surface area contributed by atoms with Crippen LogP contribution in [0.25, 0.3) is 5.76 Å². The number of aliphatic carboxylic acids is 1. The molecule has 3 aromatic carbocycles. The Kier molecular flexibility index (Phi) is 7.61. The van der Waals surface area contributed by atoms with Crippen molar-refractivity contribution in [3.8, 4) is 0 Å². The largest absolute Gasteiger partial charge is 0.507 e. The average Bonchev–Trinajstić information content (AvgIpc) is 3.14. The molecule has 1 aliphatic heterocycles. The summed E-state index contributed by atoms with van der Waals surface area (Å²) < 4.78 is 14.5. The molecule has 3 N–H and O–H groups in total. The molecule has 1 unspecified atom stereocenters. The maximum Gasteiger partial charge on any atom is 0.328 e. The van der Waals surface area contributed by atoms with Crippen molar-refractivity contribution in [3.05, 3.63) is 111 Å². The van der Waals surface area contributed by atoms with Gasteiger partial charge in [0, 0.05) is 34.1 Å². The summed E-state index contributed by atoms with van der Waals surface area (Å²) in [7, 11) is 0. The molecule has 192 valence electrons. The predicted octanol–water partition coefficient (Wildman–Crippen LogP) is 5.34. The molecule has 1 atom stereocenters. The summed E-state index contributed by atoms with van der Waals surface area (Å²) in [6, 6.07) is 14.4. The van der Waals surface area contributed by atoms with Crippen molar-refractivity contribution in [2.45, 2.75) is 6.04 Å². The number of aliphatic hydroxyl groups is 1. The maximum absolute atomic E-state index is 14.5. The van der Waals surface area contributed by atoms with E-state index in [0.717, 1.165) is 17.0 Å². The number of carboxylic acid groups (broad SMARTS) is 1. The van der Waals surface area contributed by atoms with Crippen molar-refractivity contribution in [3.63, 3.8) is 0 Å². The van der Waals surface area contributed by atoms with E-state index < -0.39 is 41.2 Å². The Bertz CT molecular complexity index is 1550. The summed E-state index contributed by atoms with van der Waals surface area (Å²) in [4.78, 5) is 50.1. The van der Waals surface area contributed by atoms with Crippen molar-refractivity contribution in [1.29, 1.82) is 0 Å². The number of carbonyl (C=O) groups excluding carboxylic acids is 3. The molecule has 1 saturated heterocycles. The number of nitrogens with zero attached hydrogens (tertiary/aromatic N) is 1. The fourth-order valence-electron chi connectivity index (χ4n) is 3.95. The van der Waals surface area contributed by atoms with Crippen molar-refractivity contribution < 1.29 is 33.8 Å². The number of ketones is 1. The fraction of sp³-hybridized carbons (Fsp3) is 0.0370. The zero-order chi connectivity index (χ0) is 27.6. The van der Waals surface area contributed by atoms with Crippen LogP contribution in [0.5, 0.6) is 0 Å². The summed E-state index contributed by atoms with van der Waals surface area (Å²) in [6.07, 6.45) is 1.46. The lowest BCUT2D eigenvalue weighted by atomic mass is 9.95. The topological polar surface area (TPSA) is 124 Å². The molecule has 0 aromatic heterocycles. The van der Waals surface area contributed by atoms with Crippen LogP contribution in [0.2, 0.25) is 10.0 Å². The number of rotatable bonds is 6. The van der Waals surface area contributed by atoms with Crippen LogP contribution in [0.4, 0.5) is 15.8 Å². The van der Waals surface area contributed by atoms with Crippen LogP contribution < -0.4 is 10.2 Å². The first-order valence-corrected chi connectivity index (χ1v) is 11.7. The van der Waals surface area contributed by atoms with Gasteiger partial charge >= 0.3 is 5.97 Å². The van der Waals surface area contributed by atoms with Gasteiger partial charge in [-0.15, -0.1) is 0 Å². The molecule has 38 heavy (non-hydrogen) atoms. The number of nitrogens with one attached hydrogen (secondary N) is 1. The molecule has 0 saturated carbocycles. The van der Waals surface area contributed by atoms with Crippen molar-refractivity contribution >= 4 is 63.9 Å². The Hall–Kier alpha value is -4.47. The number of aliphatic hydroxyl groups excluding tert-OH is 1. The summed E-state index contributed by atoms with van der Waals surface area (Å²) in [5, 5.41) is 22.5. The smallest absolute Gasteiger partial charge is 0.328 e. The van der Waals surface area contributed by atoms with Gasteiger partial charge in [-0.25, -0.2) is 9.18 Å². The van der Waals surface area contributed by atoms with Gasteiger partial charge in [-0.3, -0.25) is 19.3 Å². The Labute approximate surface area is 225 Å². The molecule has 8 nitrogen and oxygen atoms in total. The van der Waals surface area contributed by atoms with Gasteiger partial charge in [0.25, 0.3) is 11.7 Å². The van der Waals surface area contributed by atoms with Crippen molar-refractivity contribution in [2.24, 2.45) is 0 Å². The van der Waals surface area contributed by atoms with Gasteiger partial charge in [0.2, 0.25) is 5.91 Å². The SMILES string of the molecule is O=C(O)C=CC(=O)Nc1cccc(C(O)=C2C(=O)C(=O)N(c3cccc(Cl)c3)C2c2ccc(Cl)c(F)c2)c1. The minimum absolute atomic E-state index is 0.0635. The molecule has 2 amide bonds. The molecular formula is C27H17Cl2FN2O6. The van der Waals surface area contributed by atoms with Crippen LogP contribution in [-0.2, 0) is 19.2 Å². The number of anilines is 2. The Morgan fingerprint density at radius 2 is 1.68 bits per heavy atom. The van der Waals surface area contributed by atoms with E-state index in [1.54, 1.807) is 12.1 Å². The molecule has 11 heteroatoms. The van der Waals surface area contributed by atoms with E-state index in [4.69, 9.17) is 28.3 Å². The summed E-state index contributed by atoms with van der Waals surface area (Å²) in [6.45, 7) is 0. The minimum atomic E-state index is -1.31. The Balaban J connectivity index is 1.84. The van der Waals surface area contributed by atoms with Crippen LogP contribution >= 0.6 is 23.2 Å². The molecule has 1 aliphatic rings. The molecule has 0 aliphatic carbocycles. The second kappa shape index (κ2) is 10.9. The quantitative estimate of drug-likeness (QED) is 0.214. The average molecular weight is 555 g/mol. The highest BCUT2D eigenvalue weighted by molar-refractivity contribution is 6.52. The number of Topliss-reactive ketones (excluding diaryl/α,β-unsaturated/α-hetero) is 1. The van der Waals surface area contributed by atoms with E-state index in [1.165, 1.54) is 48.5 Å². The summed E-state index contributed by atoms with van der Waals surface area (Å²) >= 11 is 11.9. The first kappa shape index (κ1) is 26.6. The standard InChI is InChI=1S/C27H17Cl2FN2O6/c28-16-4-2-6-18(13-16)32-24(14-7-8-19(29)20(30)12-14)23(26(37)27(32)38)25(36)15-3-1-5-17(11-15)31-21(33)9-10-22(34)35/h1-13,24,36H,(H,31,33)(H,34,35). The number of amides is 2. The number of hydrogen-bond acceptors (Lipinski definition) is 5. The number of hydrogen-bond donors (Lipinski definition) is 3. The lowest BCUT2D eigenvalue weighted by Crippen LogP contribution is -2.29. The second-order valence-electron chi connectivity index (χ2n) is 8.06. The van der Waals surface area contributed by atoms with Gasteiger partial charge < -0.3 is 15.5 Å². The highest BCUT2D eigenvalue weighted by Gasteiger charge is 2.47. The maximum atomic E-state index is 14.5. The molecule has 1 heterocycles. The van der Waals surface area contributed by atoms with E-state index in [2.05, 4.69) is 5.32 Å². The highest BCUT2D eigenvalue weighted by atomic mass is 35.5. The first-order valence-electron chi connectivity index (χ1n) is 10.9. The van der Waals surface area contributed by atoms with Crippen LogP contribution in [0, 0.1) is 5.82 Å². The molecule has 3 aromatic rings. The molecule has 1 fully saturated rings. The molecule has 4 rings (SSSR count). The van der Waals surface area contributed by atoms with Crippen molar-refractivity contribution in [1.82, 2.24) is 0 Å². The van der Waals surface area contributed by atoms with Gasteiger partial charge in [-0.2, -0.15) is 0 Å². The van der Waals surface area contributed by atoms with E-state index in [9.17, 15) is 28.7 Å². The van der Waals surface area contributed by atoms with Crippen LogP contribution in [0.15, 0.2) is 84.5 Å². The summed E-state index contributed by atoms with van der Waals surface area (Å²) in [5.74, 6) is -5.43. The summed E-state index contributed by atoms with van der Waals surface area (Å²) in [5.41, 5.74) is 0.313. The van der Waals surface area contributed by atoms with Crippen molar-refractivity contribution in [2.75, 3.05) is 10.2 Å². The second-order valence-corrected chi connectivity index (χ2v) is 8.91. The minimum Gasteiger partial charge on any atom is -0.507 e. The highest BCUT2D eigenvalue weighted by Crippen LogP contribution is 2.43. The molecular weight excluding hydrogens is 538 g/mol. The Morgan fingerprint density at radius 3 is 2.37 bits per heavy atom. The first-order chi connectivity index (χ1) is 18.1. The van der Waals surface area contributed by atoms with E-state index in [1.807, 2.05) is 0 Å². The third kappa shape index (κ3) is 5.44. The lowest BCUT2D eigenvalue weighted by Gasteiger charge is -2.25. The van der Waals surface area contributed by atoms with Gasteiger partial charge in [0.15, 0.2) is 0 Å². The monoisotopic (exact) mass is 554 g/mol. The number of carboxylic acids is 1. The van der Waals surface area contributed by atoms with Gasteiger partial charge in [0.1, 0.15) is 11.6 Å². The molecule has 0 bridgehead atoms.